The predicted molar refractivity (Wildman–Crippen MR) is 46.5 cm³/mol. The highest BCUT2D eigenvalue weighted by Crippen LogP contribution is 2.16. The van der Waals surface area contributed by atoms with Crippen molar-refractivity contribution in [2.75, 3.05) is 7.11 Å². The number of alkyl carbamates (subject to hydrolysis) is 1. The van der Waals surface area contributed by atoms with Crippen molar-refractivity contribution in [3.05, 3.63) is 23.9 Å². The van der Waals surface area contributed by atoms with Crippen LogP contribution in [0.5, 0.6) is 0 Å². The van der Waals surface area contributed by atoms with Crippen molar-refractivity contribution in [2.45, 2.75) is 13.3 Å². The van der Waals surface area contributed by atoms with E-state index in [-0.39, 0.29) is 0 Å². The van der Waals surface area contributed by atoms with Crippen molar-refractivity contribution >= 4 is 6.09 Å². The van der Waals surface area contributed by atoms with Crippen LogP contribution < -0.4 is 5.32 Å². The molecule has 12 heavy (non-hydrogen) atoms. The molecule has 0 saturated carbocycles. The van der Waals surface area contributed by atoms with Gasteiger partial charge in [-0.3, -0.25) is 5.32 Å². The maximum Gasteiger partial charge on any atom is 0.411 e. The lowest BCUT2D eigenvalue weighted by atomic mass is 9.99. The molecule has 0 radical (unpaired) electrons. The molecule has 1 aliphatic rings. The first kappa shape index (κ1) is 8.84. The van der Waals surface area contributed by atoms with E-state index in [1.165, 1.54) is 7.11 Å². The summed E-state index contributed by atoms with van der Waals surface area (Å²) >= 11 is 0. The quantitative estimate of drug-likeness (QED) is 0.647. The lowest BCUT2D eigenvalue weighted by Gasteiger charge is -2.16. The molecule has 1 atom stereocenters. The molecule has 1 rings (SSSR count). The molecular formula is C9H13NO2. The summed E-state index contributed by atoms with van der Waals surface area (Å²) < 4.78 is 4.49. The molecule has 0 fully saturated rings. The van der Waals surface area contributed by atoms with Crippen LogP contribution >= 0.6 is 0 Å². The maximum atomic E-state index is 10.8. The first-order chi connectivity index (χ1) is 5.74. The van der Waals surface area contributed by atoms with Gasteiger partial charge in [-0.05, 0) is 18.4 Å². The molecular weight excluding hydrogens is 154 g/mol. The Labute approximate surface area is 72.1 Å². The summed E-state index contributed by atoms with van der Waals surface area (Å²) in [5.41, 5.74) is 0.921. The Bertz CT molecular complexity index is 231. The molecule has 1 unspecified atom stereocenters. The molecule has 66 valence electrons. The van der Waals surface area contributed by atoms with Gasteiger partial charge in [0.15, 0.2) is 0 Å². The van der Waals surface area contributed by atoms with Crippen LogP contribution in [0.15, 0.2) is 23.9 Å². The largest absolute Gasteiger partial charge is 0.453 e. The van der Waals surface area contributed by atoms with Crippen molar-refractivity contribution < 1.29 is 9.53 Å². The fourth-order valence-corrected chi connectivity index (χ4v) is 1.08. The monoisotopic (exact) mass is 167 g/mol. The van der Waals surface area contributed by atoms with Crippen molar-refractivity contribution in [1.82, 2.24) is 5.32 Å². The molecule has 1 amide bonds. The molecule has 0 bridgehead atoms. The van der Waals surface area contributed by atoms with E-state index in [9.17, 15) is 4.79 Å². The number of allylic oxidation sites excluding steroid dienone is 4. The zero-order valence-electron chi connectivity index (χ0n) is 7.33. The minimum absolute atomic E-state index is 0.370. The van der Waals surface area contributed by atoms with Crippen molar-refractivity contribution in [3.63, 3.8) is 0 Å². The third kappa shape index (κ3) is 2.12. The van der Waals surface area contributed by atoms with Gasteiger partial charge in [-0.25, -0.2) is 4.79 Å². The van der Waals surface area contributed by atoms with Gasteiger partial charge in [-0.2, -0.15) is 0 Å². The van der Waals surface area contributed by atoms with E-state index in [1.807, 2.05) is 12.2 Å². The van der Waals surface area contributed by atoms with Gasteiger partial charge in [0.25, 0.3) is 0 Å². The van der Waals surface area contributed by atoms with E-state index in [4.69, 9.17) is 0 Å². The molecule has 1 N–H and O–H groups in total. The van der Waals surface area contributed by atoms with E-state index >= 15 is 0 Å². The first-order valence-corrected chi connectivity index (χ1v) is 3.95. The lowest BCUT2D eigenvalue weighted by Crippen LogP contribution is -2.26. The van der Waals surface area contributed by atoms with E-state index in [0.29, 0.717) is 5.92 Å². The number of hydrogen-bond donors (Lipinski definition) is 1. The van der Waals surface area contributed by atoms with Gasteiger partial charge in [0.2, 0.25) is 0 Å². The number of carbonyl (C=O) groups excluding carboxylic acids is 1. The van der Waals surface area contributed by atoms with Gasteiger partial charge in [-0.15, -0.1) is 0 Å². The van der Waals surface area contributed by atoms with Crippen LogP contribution in [0.2, 0.25) is 0 Å². The summed E-state index contributed by atoms with van der Waals surface area (Å²) in [6.45, 7) is 2.06. The van der Waals surface area contributed by atoms with Crippen LogP contribution in [0.25, 0.3) is 0 Å². The van der Waals surface area contributed by atoms with Gasteiger partial charge in [0, 0.05) is 5.70 Å². The number of methoxy groups -OCH3 is 1. The van der Waals surface area contributed by atoms with Gasteiger partial charge >= 0.3 is 6.09 Å². The molecule has 0 aromatic rings. The van der Waals surface area contributed by atoms with Crippen LogP contribution in [0, 0.1) is 5.92 Å². The SMILES string of the molecule is COC(=O)NC1=CC=CCC1C. The highest BCUT2D eigenvalue weighted by atomic mass is 16.5. The Kier molecular flexibility index (Phi) is 2.91. The van der Waals surface area contributed by atoms with Gasteiger partial charge < -0.3 is 4.74 Å². The van der Waals surface area contributed by atoms with E-state index < -0.39 is 6.09 Å². The summed E-state index contributed by atoms with van der Waals surface area (Å²) in [5.74, 6) is 0.370. The van der Waals surface area contributed by atoms with Gasteiger partial charge in [0.05, 0.1) is 7.11 Å². The standard InChI is InChI=1S/C9H13NO2/c1-7-5-3-4-6-8(7)10-9(11)12-2/h3-4,6-7H,5H2,1-2H3,(H,10,11). The Morgan fingerprint density at radius 3 is 3.08 bits per heavy atom. The summed E-state index contributed by atoms with van der Waals surface area (Å²) in [6, 6.07) is 0. The van der Waals surface area contributed by atoms with Crippen molar-refractivity contribution in [2.24, 2.45) is 5.92 Å². The molecule has 0 spiro atoms. The number of hydrogen-bond acceptors (Lipinski definition) is 2. The van der Waals surface area contributed by atoms with E-state index in [1.54, 1.807) is 0 Å². The number of carbonyl (C=O) groups is 1. The summed E-state index contributed by atoms with van der Waals surface area (Å²) in [4.78, 5) is 10.8. The maximum absolute atomic E-state index is 10.8. The fraction of sp³-hybridized carbons (Fsp3) is 0.444. The van der Waals surface area contributed by atoms with Crippen LogP contribution in [-0.2, 0) is 4.74 Å². The second kappa shape index (κ2) is 3.95. The average Bonchev–Trinajstić information content (AvgIpc) is 2.09. The van der Waals surface area contributed by atoms with E-state index in [2.05, 4.69) is 23.1 Å². The van der Waals surface area contributed by atoms with Crippen LogP contribution in [0.3, 0.4) is 0 Å². The molecule has 1 aliphatic carbocycles. The van der Waals surface area contributed by atoms with Crippen molar-refractivity contribution in [3.8, 4) is 0 Å². The number of ether oxygens (including phenoxy) is 1. The highest BCUT2D eigenvalue weighted by Gasteiger charge is 2.12. The number of rotatable bonds is 1. The number of amides is 1. The third-order valence-corrected chi connectivity index (χ3v) is 1.86. The Morgan fingerprint density at radius 1 is 1.75 bits per heavy atom. The zero-order chi connectivity index (χ0) is 8.97. The molecule has 0 saturated heterocycles. The normalized spacial score (nSPS) is 21.5. The second-order valence-corrected chi connectivity index (χ2v) is 2.80. The topological polar surface area (TPSA) is 38.3 Å². The van der Waals surface area contributed by atoms with Gasteiger partial charge in [0.1, 0.15) is 0 Å². The Hall–Kier alpha value is -1.25. The minimum Gasteiger partial charge on any atom is -0.453 e. The molecule has 0 heterocycles. The fourth-order valence-electron chi connectivity index (χ4n) is 1.08. The van der Waals surface area contributed by atoms with Crippen LogP contribution in [-0.4, -0.2) is 13.2 Å². The Balaban J connectivity index is 2.55. The van der Waals surface area contributed by atoms with E-state index in [0.717, 1.165) is 12.1 Å². The average molecular weight is 167 g/mol. The molecule has 0 aliphatic heterocycles. The minimum atomic E-state index is -0.400. The Morgan fingerprint density at radius 2 is 2.50 bits per heavy atom. The second-order valence-electron chi connectivity index (χ2n) is 2.80. The molecule has 0 aromatic carbocycles. The summed E-state index contributed by atoms with van der Waals surface area (Å²) in [7, 11) is 1.36. The highest BCUT2D eigenvalue weighted by molar-refractivity contribution is 5.69. The van der Waals surface area contributed by atoms with Crippen molar-refractivity contribution in [1.29, 1.82) is 0 Å². The van der Waals surface area contributed by atoms with Crippen LogP contribution in [0.1, 0.15) is 13.3 Å². The zero-order valence-corrected chi connectivity index (χ0v) is 7.33. The number of nitrogens with one attached hydrogen (secondary N) is 1. The molecule has 3 heteroatoms. The first-order valence-electron chi connectivity index (χ1n) is 3.95. The smallest absolute Gasteiger partial charge is 0.411 e. The third-order valence-electron chi connectivity index (χ3n) is 1.86. The van der Waals surface area contributed by atoms with Crippen LogP contribution in [0.4, 0.5) is 4.79 Å². The predicted octanol–water partition coefficient (Wildman–Crippen LogP) is 1.82. The lowest BCUT2D eigenvalue weighted by molar-refractivity contribution is 0.173. The molecule has 0 aromatic heterocycles. The summed E-state index contributed by atoms with van der Waals surface area (Å²) in [6.07, 6.45) is 6.47. The van der Waals surface area contributed by atoms with Gasteiger partial charge in [-0.1, -0.05) is 19.1 Å². The summed E-state index contributed by atoms with van der Waals surface area (Å²) in [5, 5.41) is 2.67. The molecule has 3 nitrogen and oxygen atoms in total.